The number of thiophene rings is 1. The zero-order valence-corrected chi connectivity index (χ0v) is 14.6. The lowest BCUT2D eigenvalue weighted by molar-refractivity contribution is -0.115. The molecule has 1 aromatic carbocycles. The summed E-state index contributed by atoms with van der Waals surface area (Å²) in [6.07, 6.45) is 0.389. The van der Waals surface area contributed by atoms with Gasteiger partial charge in [0.25, 0.3) is 5.91 Å². The smallest absolute Gasteiger partial charge is 0.277 e. The van der Waals surface area contributed by atoms with E-state index in [1.165, 1.54) is 11.3 Å². The molecule has 0 bridgehead atoms. The van der Waals surface area contributed by atoms with Gasteiger partial charge in [0.15, 0.2) is 11.5 Å². The third kappa shape index (κ3) is 3.95. The number of amides is 2. The van der Waals surface area contributed by atoms with Crippen molar-refractivity contribution in [3.8, 4) is 10.6 Å². The van der Waals surface area contributed by atoms with Gasteiger partial charge < -0.3 is 15.2 Å². The summed E-state index contributed by atoms with van der Waals surface area (Å²) in [6.45, 7) is 3.66. The molecule has 2 aromatic heterocycles. The molecule has 6 nitrogen and oxygen atoms in total. The van der Waals surface area contributed by atoms with Crippen LogP contribution in [-0.4, -0.2) is 17.0 Å². The summed E-state index contributed by atoms with van der Waals surface area (Å²) in [5, 5.41) is 11.3. The summed E-state index contributed by atoms with van der Waals surface area (Å²) < 4.78 is 5.23. The first-order chi connectivity index (χ1) is 12.1. The Labute approximate surface area is 148 Å². The zero-order chi connectivity index (χ0) is 17.8. The number of carbonyl (C=O) groups is 2. The fourth-order valence-electron chi connectivity index (χ4n) is 2.19. The van der Waals surface area contributed by atoms with Gasteiger partial charge in [-0.25, -0.2) is 0 Å². The van der Waals surface area contributed by atoms with Crippen LogP contribution in [0.3, 0.4) is 0 Å². The van der Waals surface area contributed by atoms with Gasteiger partial charge >= 0.3 is 0 Å². The minimum atomic E-state index is -0.367. The van der Waals surface area contributed by atoms with Crippen LogP contribution in [-0.2, 0) is 4.79 Å². The number of nitrogens with zero attached hydrogens (tertiary/aromatic N) is 1. The third-order valence-corrected chi connectivity index (χ3v) is 4.48. The molecule has 2 heterocycles. The van der Waals surface area contributed by atoms with Gasteiger partial charge in [-0.1, -0.05) is 24.2 Å². The predicted molar refractivity (Wildman–Crippen MR) is 97.9 cm³/mol. The Hall–Kier alpha value is -2.93. The normalized spacial score (nSPS) is 10.5. The molecule has 2 amide bonds. The Balaban J connectivity index is 1.76. The SMILES string of the molecule is CCC(=O)Nc1ccc(C)c(NC(=O)c2cc(-c3cccs3)on2)c1. The molecule has 0 radical (unpaired) electrons. The molecule has 0 aliphatic carbocycles. The number of carbonyl (C=O) groups excluding carboxylic acids is 2. The van der Waals surface area contributed by atoms with Crippen LogP contribution in [0.15, 0.2) is 46.3 Å². The number of aryl methyl sites for hydroxylation is 1. The fourth-order valence-corrected chi connectivity index (χ4v) is 2.86. The quantitative estimate of drug-likeness (QED) is 0.714. The van der Waals surface area contributed by atoms with Crippen molar-refractivity contribution in [3.05, 3.63) is 53.0 Å². The van der Waals surface area contributed by atoms with E-state index in [-0.39, 0.29) is 17.5 Å². The van der Waals surface area contributed by atoms with Gasteiger partial charge in [0, 0.05) is 23.9 Å². The monoisotopic (exact) mass is 355 g/mol. The van der Waals surface area contributed by atoms with E-state index in [2.05, 4.69) is 15.8 Å². The molecular weight excluding hydrogens is 338 g/mol. The fraction of sp³-hybridized carbons (Fsp3) is 0.167. The summed E-state index contributed by atoms with van der Waals surface area (Å²) >= 11 is 1.51. The summed E-state index contributed by atoms with van der Waals surface area (Å²) in [6, 6.07) is 10.8. The van der Waals surface area contributed by atoms with Crippen molar-refractivity contribution < 1.29 is 14.1 Å². The van der Waals surface area contributed by atoms with E-state index in [9.17, 15) is 9.59 Å². The van der Waals surface area contributed by atoms with Crippen molar-refractivity contribution in [3.63, 3.8) is 0 Å². The molecular formula is C18H17N3O3S. The Bertz CT molecular complexity index is 900. The summed E-state index contributed by atoms with van der Waals surface area (Å²) in [5.41, 5.74) is 2.32. The second-order valence-corrected chi connectivity index (χ2v) is 6.39. The molecule has 0 aliphatic heterocycles. The molecule has 25 heavy (non-hydrogen) atoms. The molecule has 3 rings (SSSR count). The molecule has 0 saturated heterocycles. The highest BCUT2D eigenvalue weighted by atomic mass is 32.1. The molecule has 0 unspecified atom stereocenters. The van der Waals surface area contributed by atoms with Crippen LogP contribution < -0.4 is 10.6 Å². The first-order valence-corrected chi connectivity index (χ1v) is 8.67. The molecule has 3 aromatic rings. The van der Waals surface area contributed by atoms with Crippen LogP contribution in [0.2, 0.25) is 0 Å². The molecule has 0 aliphatic rings. The average Bonchev–Trinajstić information content (AvgIpc) is 3.28. The van der Waals surface area contributed by atoms with Gasteiger partial charge in [0.2, 0.25) is 5.91 Å². The maximum Gasteiger partial charge on any atom is 0.277 e. The van der Waals surface area contributed by atoms with Gasteiger partial charge in [-0.05, 0) is 36.1 Å². The molecule has 7 heteroatoms. The van der Waals surface area contributed by atoms with E-state index in [1.54, 1.807) is 25.1 Å². The molecule has 0 fully saturated rings. The first kappa shape index (κ1) is 16.9. The van der Waals surface area contributed by atoms with Crippen LogP contribution >= 0.6 is 11.3 Å². The highest BCUT2D eigenvalue weighted by Gasteiger charge is 2.15. The number of benzene rings is 1. The molecule has 0 atom stereocenters. The summed E-state index contributed by atoms with van der Waals surface area (Å²) in [7, 11) is 0. The predicted octanol–water partition coefficient (Wildman–Crippen LogP) is 4.31. The lowest BCUT2D eigenvalue weighted by Gasteiger charge is -2.10. The number of hydrogen-bond donors (Lipinski definition) is 2. The van der Waals surface area contributed by atoms with Crippen LogP contribution in [0.25, 0.3) is 10.6 Å². The number of rotatable bonds is 5. The van der Waals surface area contributed by atoms with Crippen LogP contribution in [0, 0.1) is 6.92 Å². The second-order valence-electron chi connectivity index (χ2n) is 5.44. The zero-order valence-electron chi connectivity index (χ0n) is 13.8. The van der Waals surface area contributed by atoms with Crippen molar-refractivity contribution in [2.75, 3.05) is 10.6 Å². The topological polar surface area (TPSA) is 84.2 Å². The van der Waals surface area contributed by atoms with E-state index < -0.39 is 0 Å². The van der Waals surface area contributed by atoms with Gasteiger partial charge in [0.05, 0.1) is 4.88 Å². The van der Waals surface area contributed by atoms with Gasteiger partial charge in [-0.15, -0.1) is 11.3 Å². The van der Waals surface area contributed by atoms with Gasteiger partial charge in [-0.3, -0.25) is 9.59 Å². The van der Waals surface area contributed by atoms with Crippen LogP contribution in [0.5, 0.6) is 0 Å². The highest BCUT2D eigenvalue weighted by molar-refractivity contribution is 7.13. The van der Waals surface area contributed by atoms with Gasteiger partial charge in [-0.2, -0.15) is 0 Å². The standard InChI is InChI=1S/C18H17N3O3S/c1-3-17(22)19-12-7-6-11(2)13(9-12)20-18(23)14-10-15(24-21-14)16-5-4-8-25-16/h4-10H,3H2,1-2H3,(H,19,22)(H,20,23). The molecule has 128 valence electrons. The first-order valence-electron chi connectivity index (χ1n) is 7.79. The Kier molecular flexibility index (Phi) is 4.95. The van der Waals surface area contributed by atoms with E-state index >= 15 is 0 Å². The molecule has 0 saturated carbocycles. The second kappa shape index (κ2) is 7.31. The van der Waals surface area contributed by atoms with Crippen LogP contribution in [0.1, 0.15) is 29.4 Å². The summed E-state index contributed by atoms with van der Waals surface area (Å²) in [4.78, 5) is 24.8. The molecule has 2 N–H and O–H groups in total. The van der Waals surface area contributed by atoms with Crippen LogP contribution in [0.4, 0.5) is 11.4 Å². The van der Waals surface area contributed by atoms with E-state index in [0.717, 1.165) is 10.4 Å². The number of nitrogens with one attached hydrogen (secondary N) is 2. The Morgan fingerprint density at radius 1 is 1.20 bits per heavy atom. The van der Waals surface area contributed by atoms with Crippen molar-refractivity contribution in [1.29, 1.82) is 0 Å². The maximum absolute atomic E-state index is 12.4. The highest BCUT2D eigenvalue weighted by Crippen LogP contribution is 2.26. The maximum atomic E-state index is 12.4. The Morgan fingerprint density at radius 3 is 2.76 bits per heavy atom. The van der Waals surface area contributed by atoms with Crippen molar-refractivity contribution in [2.45, 2.75) is 20.3 Å². The largest absolute Gasteiger partial charge is 0.355 e. The van der Waals surface area contributed by atoms with E-state index in [1.807, 2.05) is 30.5 Å². The summed E-state index contributed by atoms with van der Waals surface area (Å²) in [5.74, 6) is 0.104. The molecule has 0 spiro atoms. The van der Waals surface area contributed by atoms with Crippen molar-refractivity contribution in [1.82, 2.24) is 5.16 Å². The number of anilines is 2. The lowest BCUT2D eigenvalue weighted by atomic mass is 10.1. The third-order valence-electron chi connectivity index (χ3n) is 3.60. The minimum absolute atomic E-state index is 0.0850. The van der Waals surface area contributed by atoms with E-state index in [0.29, 0.717) is 23.6 Å². The number of aromatic nitrogens is 1. The lowest BCUT2D eigenvalue weighted by Crippen LogP contribution is -2.14. The Morgan fingerprint density at radius 2 is 2.04 bits per heavy atom. The minimum Gasteiger partial charge on any atom is -0.355 e. The van der Waals surface area contributed by atoms with Crippen molar-refractivity contribution in [2.24, 2.45) is 0 Å². The van der Waals surface area contributed by atoms with Gasteiger partial charge in [0.1, 0.15) is 0 Å². The average molecular weight is 355 g/mol. The number of hydrogen-bond acceptors (Lipinski definition) is 5. The van der Waals surface area contributed by atoms with E-state index in [4.69, 9.17) is 4.52 Å². The van der Waals surface area contributed by atoms with Crippen molar-refractivity contribution >= 4 is 34.5 Å².